The third-order valence-electron chi connectivity index (χ3n) is 3.91. The van der Waals surface area contributed by atoms with Gasteiger partial charge in [-0.3, -0.25) is 9.48 Å². The summed E-state index contributed by atoms with van der Waals surface area (Å²) in [6.07, 6.45) is 9.01. The number of nitrogens with zero attached hydrogens (tertiary/aromatic N) is 5. The van der Waals surface area contributed by atoms with Gasteiger partial charge in [-0.05, 0) is 35.0 Å². The van der Waals surface area contributed by atoms with E-state index in [1.165, 1.54) is 11.8 Å². The molecular weight excluding hydrogens is 392 g/mol. The highest BCUT2D eigenvalue weighted by Gasteiger charge is 2.24. The van der Waals surface area contributed by atoms with Gasteiger partial charge in [0.05, 0.1) is 16.2 Å². The van der Waals surface area contributed by atoms with Crippen LogP contribution in [-0.4, -0.2) is 51.0 Å². The molecule has 1 amide bonds. The Kier molecular flexibility index (Phi) is 5.40. The fourth-order valence-corrected chi connectivity index (χ4v) is 3.53. The highest BCUT2D eigenvalue weighted by molar-refractivity contribution is 9.10. The maximum Gasteiger partial charge on any atom is 0.254 e. The smallest absolute Gasteiger partial charge is 0.254 e. The van der Waals surface area contributed by atoms with E-state index in [4.69, 9.17) is 0 Å². The molecule has 24 heavy (non-hydrogen) atoms. The summed E-state index contributed by atoms with van der Waals surface area (Å²) in [5.74, 6) is 0.802. The quantitative estimate of drug-likeness (QED) is 0.614. The van der Waals surface area contributed by atoms with Crippen LogP contribution in [0.25, 0.3) is 0 Å². The van der Waals surface area contributed by atoms with Crippen LogP contribution in [0.5, 0.6) is 0 Å². The van der Waals surface area contributed by atoms with Gasteiger partial charge in [-0.1, -0.05) is 11.8 Å². The van der Waals surface area contributed by atoms with Gasteiger partial charge in [-0.2, -0.15) is 5.10 Å². The number of nitrogens with one attached hydrogen (secondary N) is 1. The number of hydrogen-bond donors (Lipinski definition) is 1. The molecule has 3 rings (SSSR count). The fourth-order valence-electron chi connectivity index (χ4n) is 2.76. The van der Waals surface area contributed by atoms with Crippen molar-refractivity contribution >= 4 is 39.4 Å². The van der Waals surface area contributed by atoms with Gasteiger partial charge in [-0.15, -0.1) is 0 Å². The van der Waals surface area contributed by atoms with E-state index >= 15 is 0 Å². The van der Waals surface area contributed by atoms with Gasteiger partial charge in [0, 0.05) is 38.6 Å². The highest BCUT2D eigenvalue weighted by Crippen LogP contribution is 2.27. The van der Waals surface area contributed by atoms with Crippen LogP contribution < -0.4 is 10.2 Å². The Morgan fingerprint density at radius 2 is 2.29 bits per heavy atom. The zero-order valence-corrected chi connectivity index (χ0v) is 16.0. The second-order valence-electron chi connectivity index (χ2n) is 5.69. The van der Waals surface area contributed by atoms with Crippen LogP contribution in [-0.2, 0) is 7.05 Å². The second kappa shape index (κ2) is 7.52. The Labute approximate surface area is 153 Å². The lowest BCUT2D eigenvalue weighted by Crippen LogP contribution is -2.48. The topological polar surface area (TPSA) is 75.9 Å². The molecule has 0 aromatic carbocycles. The number of aryl methyl sites for hydroxylation is 1. The van der Waals surface area contributed by atoms with Crippen molar-refractivity contribution in [2.45, 2.75) is 24.0 Å². The first-order valence-electron chi connectivity index (χ1n) is 7.68. The second-order valence-corrected chi connectivity index (χ2v) is 7.32. The molecule has 0 bridgehead atoms. The van der Waals surface area contributed by atoms with E-state index in [0.717, 1.165) is 41.4 Å². The molecule has 0 spiro atoms. The molecule has 7 nitrogen and oxygen atoms in total. The molecule has 128 valence electrons. The summed E-state index contributed by atoms with van der Waals surface area (Å²) < 4.78 is 2.50. The third kappa shape index (κ3) is 3.89. The summed E-state index contributed by atoms with van der Waals surface area (Å²) in [6.45, 7) is 1.65. The monoisotopic (exact) mass is 410 g/mol. The van der Waals surface area contributed by atoms with Crippen molar-refractivity contribution in [3.05, 3.63) is 28.6 Å². The van der Waals surface area contributed by atoms with E-state index in [-0.39, 0.29) is 11.9 Å². The van der Waals surface area contributed by atoms with Gasteiger partial charge in [0.2, 0.25) is 0 Å². The number of carbonyl (C=O) groups is 1. The van der Waals surface area contributed by atoms with E-state index in [1.54, 1.807) is 30.3 Å². The van der Waals surface area contributed by atoms with Gasteiger partial charge < -0.3 is 10.2 Å². The van der Waals surface area contributed by atoms with Crippen molar-refractivity contribution in [2.75, 3.05) is 24.2 Å². The van der Waals surface area contributed by atoms with Crippen LogP contribution in [0.3, 0.4) is 0 Å². The van der Waals surface area contributed by atoms with Crippen molar-refractivity contribution in [3.8, 4) is 0 Å². The Hall–Kier alpha value is -1.61. The van der Waals surface area contributed by atoms with E-state index < -0.39 is 0 Å². The Morgan fingerprint density at radius 1 is 1.46 bits per heavy atom. The molecule has 1 N–H and O–H groups in total. The molecule has 1 aliphatic rings. The van der Waals surface area contributed by atoms with Crippen molar-refractivity contribution in [1.82, 2.24) is 25.1 Å². The minimum Gasteiger partial charge on any atom is -0.353 e. The van der Waals surface area contributed by atoms with Gasteiger partial charge in [-0.25, -0.2) is 9.97 Å². The molecule has 1 aliphatic heterocycles. The minimum absolute atomic E-state index is 0.0819. The number of amides is 1. The highest BCUT2D eigenvalue weighted by atomic mass is 79.9. The van der Waals surface area contributed by atoms with Crippen LogP contribution in [0.15, 0.2) is 28.2 Å². The molecule has 2 aromatic heterocycles. The first-order chi connectivity index (χ1) is 11.6. The standard InChI is InChI=1S/C15H19BrN6OS/c1-21-8-10(6-18-21)14(23)19-11-4-3-5-22(9-11)13-12(16)7-17-15(20-13)24-2/h6-8,11H,3-5,9H2,1-2H3,(H,19,23). The van der Waals surface area contributed by atoms with Crippen LogP contribution in [0.1, 0.15) is 23.2 Å². The largest absolute Gasteiger partial charge is 0.353 e. The normalized spacial score (nSPS) is 17.8. The van der Waals surface area contributed by atoms with Gasteiger partial charge in [0.1, 0.15) is 5.82 Å². The van der Waals surface area contributed by atoms with Crippen molar-refractivity contribution in [3.63, 3.8) is 0 Å². The van der Waals surface area contributed by atoms with Crippen molar-refractivity contribution in [1.29, 1.82) is 0 Å². The van der Waals surface area contributed by atoms with E-state index in [2.05, 4.69) is 41.2 Å². The first-order valence-corrected chi connectivity index (χ1v) is 9.69. The molecule has 1 saturated heterocycles. The molecule has 9 heteroatoms. The molecule has 0 saturated carbocycles. The average Bonchev–Trinajstić information content (AvgIpc) is 3.02. The SMILES string of the molecule is CSc1ncc(Br)c(N2CCCC(NC(=O)c3cnn(C)c3)C2)n1. The Morgan fingerprint density at radius 3 is 3.00 bits per heavy atom. The lowest BCUT2D eigenvalue weighted by Gasteiger charge is -2.34. The van der Waals surface area contributed by atoms with E-state index in [0.29, 0.717) is 5.56 Å². The predicted octanol–water partition coefficient (Wildman–Crippen LogP) is 2.09. The number of hydrogen-bond acceptors (Lipinski definition) is 6. The molecule has 1 fully saturated rings. The maximum atomic E-state index is 12.3. The number of thioether (sulfide) groups is 1. The lowest BCUT2D eigenvalue weighted by molar-refractivity contribution is 0.0933. The Bertz CT molecular complexity index is 737. The summed E-state index contributed by atoms with van der Waals surface area (Å²) >= 11 is 5.05. The number of rotatable bonds is 4. The summed E-state index contributed by atoms with van der Waals surface area (Å²) in [4.78, 5) is 23.4. The summed E-state index contributed by atoms with van der Waals surface area (Å²) in [5.41, 5.74) is 0.586. The zero-order chi connectivity index (χ0) is 17.1. The van der Waals surface area contributed by atoms with Crippen LogP contribution in [0, 0.1) is 0 Å². The predicted molar refractivity (Wildman–Crippen MR) is 97.4 cm³/mol. The molecule has 0 radical (unpaired) electrons. The van der Waals surface area contributed by atoms with Crippen molar-refractivity contribution < 1.29 is 4.79 Å². The number of anilines is 1. The first kappa shape index (κ1) is 17.2. The lowest BCUT2D eigenvalue weighted by atomic mass is 10.1. The van der Waals surface area contributed by atoms with E-state index in [9.17, 15) is 4.79 Å². The molecular formula is C15H19BrN6OS. The fraction of sp³-hybridized carbons (Fsp3) is 0.467. The number of aromatic nitrogens is 4. The Balaban J connectivity index is 1.69. The summed E-state index contributed by atoms with van der Waals surface area (Å²) in [5, 5.41) is 7.89. The molecule has 1 atom stereocenters. The average molecular weight is 411 g/mol. The molecule has 1 unspecified atom stereocenters. The number of halogens is 1. The third-order valence-corrected chi connectivity index (χ3v) is 5.03. The van der Waals surface area contributed by atoms with Crippen LogP contribution in [0.2, 0.25) is 0 Å². The zero-order valence-electron chi connectivity index (χ0n) is 13.6. The summed E-state index contributed by atoms with van der Waals surface area (Å²) in [6, 6.07) is 0.0889. The van der Waals surface area contributed by atoms with Crippen LogP contribution >= 0.6 is 27.7 Å². The summed E-state index contributed by atoms with van der Waals surface area (Å²) in [7, 11) is 1.80. The van der Waals surface area contributed by atoms with Gasteiger partial charge in [0.15, 0.2) is 5.16 Å². The van der Waals surface area contributed by atoms with E-state index in [1.807, 2.05) is 6.26 Å². The minimum atomic E-state index is -0.0819. The number of piperidine rings is 1. The molecule has 0 aliphatic carbocycles. The molecule has 3 heterocycles. The molecule has 2 aromatic rings. The van der Waals surface area contributed by atoms with Gasteiger partial charge in [0.25, 0.3) is 5.91 Å². The van der Waals surface area contributed by atoms with Gasteiger partial charge >= 0.3 is 0 Å². The van der Waals surface area contributed by atoms with Crippen molar-refractivity contribution in [2.24, 2.45) is 7.05 Å². The van der Waals surface area contributed by atoms with Crippen LogP contribution in [0.4, 0.5) is 5.82 Å². The maximum absolute atomic E-state index is 12.3. The number of carbonyl (C=O) groups excluding carboxylic acids is 1.